The molecule has 0 radical (unpaired) electrons. The van der Waals surface area contributed by atoms with Crippen LogP contribution in [-0.4, -0.2) is 30.6 Å². The summed E-state index contributed by atoms with van der Waals surface area (Å²) in [7, 11) is 0. The molecule has 2 aliphatic heterocycles. The molecule has 8 nitrogen and oxygen atoms in total. The molecule has 0 amide bonds. The maximum absolute atomic E-state index is 11.3. The van der Waals surface area contributed by atoms with E-state index in [0.717, 1.165) is 38.9 Å². The van der Waals surface area contributed by atoms with Crippen LogP contribution < -0.4 is 9.47 Å². The average Bonchev–Trinajstić information content (AvgIpc) is 3.67. The van der Waals surface area contributed by atoms with Gasteiger partial charge in [0.25, 0.3) is 0 Å². The van der Waals surface area contributed by atoms with Crippen molar-refractivity contribution in [2.45, 2.75) is 24.0 Å². The van der Waals surface area contributed by atoms with E-state index in [1.165, 1.54) is 6.07 Å². The van der Waals surface area contributed by atoms with Gasteiger partial charge in [-0.1, -0.05) is 60.7 Å². The first-order chi connectivity index (χ1) is 24.2. The summed E-state index contributed by atoms with van der Waals surface area (Å²) < 4.78 is 13.4. The minimum atomic E-state index is -0.566. The van der Waals surface area contributed by atoms with Gasteiger partial charge < -0.3 is 40.1 Å². The Bertz CT molecular complexity index is 2220. The Kier molecular flexibility index (Phi) is 7.49. The van der Waals surface area contributed by atoms with Crippen LogP contribution in [0.4, 0.5) is 0 Å². The highest BCUT2D eigenvalue weighted by molar-refractivity contribution is 5.76. The van der Waals surface area contributed by atoms with Crippen LogP contribution in [0.15, 0.2) is 121 Å². The number of ether oxygens (including phenoxy) is 2. The molecule has 8 heteroatoms. The third kappa shape index (κ3) is 5.56. The first kappa shape index (κ1) is 30.8. The summed E-state index contributed by atoms with van der Waals surface area (Å²) >= 11 is 0. The van der Waals surface area contributed by atoms with E-state index in [-0.39, 0.29) is 40.4 Å². The molecule has 2 aliphatic rings. The van der Waals surface area contributed by atoms with Crippen LogP contribution in [-0.2, 0) is 0 Å². The summed E-state index contributed by atoms with van der Waals surface area (Å²) in [6.45, 7) is 0. The zero-order chi connectivity index (χ0) is 34.5. The minimum Gasteiger partial charge on any atom is -0.508 e. The van der Waals surface area contributed by atoms with Crippen molar-refractivity contribution in [2.24, 2.45) is 0 Å². The van der Waals surface area contributed by atoms with Gasteiger partial charge in [0.15, 0.2) is 0 Å². The lowest BCUT2D eigenvalue weighted by Gasteiger charge is -2.26. The second kappa shape index (κ2) is 12.2. The molecular formula is C42H32O8. The molecule has 0 aromatic heterocycles. The van der Waals surface area contributed by atoms with Crippen molar-refractivity contribution in [1.29, 1.82) is 0 Å². The fourth-order valence-corrected chi connectivity index (χ4v) is 7.27. The van der Waals surface area contributed by atoms with E-state index >= 15 is 0 Å². The minimum absolute atomic E-state index is 0.00993. The Morgan fingerprint density at radius 3 is 1.54 bits per heavy atom. The zero-order valence-electron chi connectivity index (χ0n) is 26.5. The summed E-state index contributed by atoms with van der Waals surface area (Å²) in [5.74, 6) is 0.544. The highest BCUT2D eigenvalue weighted by Crippen LogP contribution is 2.59. The molecular weight excluding hydrogens is 632 g/mol. The smallest absolute Gasteiger partial charge is 0.135 e. The molecule has 6 aromatic rings. The topological polar surface area (TPSA) is 140 Å². The molecule has 0 saturated heterocycles. The van der Waals surface area contributed by atoms with Crippen LogP contribution in [0.2, 0.25) is 0 Å². The summed E-state index contributed by atoms with van der Waals surface area (Å²) in [4.78, 5) is 0. The fraction of sp³-hybridized carbons (Fsp3) is 0.0952. The van der Waals surface area contributed by atoms with Crippen LogP contribution in [0.25, 0.3) is 12.2 Å². The Morgan fingerprint density at radius 2 is 0.940 bits per heavy atom. The Balaban J connectivity index is 1.35. The molecule has 0 fully saturated rings. The molecule has 8 rings (SSSR count). The molecule has 0 spiro atoms. The Morgan fingerprint density at radius 1 is 0.420 bits per heavy atom. The number of phenols is 6. The van der Waals surface area contributed by atoms with E-state index in [4.69, 9.17) is 9.47 Å². The highest BCUT2D eigenvalue weighted by atomic mass is 16.5. The van der Waals surface area contributed by atoms with Crippen LogP contribution in [0.1, 0.15) is 68.6 Å². The molecule has 6 aromatic carbocycles. The predicted molar refractivity (Wildman–Crippen MR) is 188 cm³/mol. The number of benzene rings is 6. The van der Waals surface area contributed by atoms with Gasteiger partial charge in [-0.3, -0.25) is 0 Å². The molecule has 2 heterocycles. The van der Waals surface area contributed by atoms with Gasteiger partial charge in [0, 0.05) is 23.3 Å². The number of phenolic OH excluding ortho intramolecular Hbond substituents is 6. The quantitative estimate of drug-likeness (QED) is 0.0973. The van der Waals surface area contributed by atoms with Gasteiger partial charge >= 0.3 is 0 Å². The lowest BCUT2D eigenvalue weighted by atomic mass is 9.75. The van der Waals surface area contributed by atoms with Crippen molar-refractivity contribution in [3.63, 3.8) is 0 Å². The van der Waals surface area contributed by atoms with Crippen molar-refractivity contribution in [2.75, 3.05) is 0 Å². The normalized spacial score (nSPS) is 19.1. The summed E-state index contributed by atoms with van der Waals surface area (Å²) in [5.41, 5.74) is 6.40. The largest absolute Gasteiger partial charge is 0.508 e. The van der Waals surface area contributed by atoms with E-state index in [2.05, 4.69) is 0 Å². The number of fused-ring (bicyclic) bond motifs is 2. The zero-order valence-corrected chi connectivity index (χ0v) is 26.5. The van der Waals surface area contributed by atoms with Crippen molar-refractivity contribution < 1.29 is 40.1 Å². The average molecular weight is 665 g/mol. The van der Waals surface area contributed by atoms with Gasteiger partial charge in [-0.2, -0.15) is 0 Å². The van der Waals surface area contributed by atoms with E-state index < -0.39 is 18.1 Å². The molecule has 6 N–H and O–H groups in total. The second-order valence-electron chi connectivity index (χ2n) is 12.6. The molecule has 50 heavy (non-hydrogen) atoms. The van der Waals surface area contributed by atoms with Gasteiger partial charge in [0.05, 0.1) is 11.8 Å². The predicted octanol–water partition coefficient (Wildman–Crippen LogP) is 8.62. The van der Waals surface area contributed by atoms with Gasteiger partial charge in [-0.05, 0) is 94.0 Å². The Hall–Kier alpha value is -6.54. The second-order valence-corrected chi connectivity index (χ2v) is 12.6. The van der Waals surface area contributed by atoms with Gasteiger partial charge in [-0.15, -0.1) is 0 Å². The van der Waals surface area contributed by atoms with Crippen LogP contribution in [0.3, 0.4) is 0 Å². The number of hydrogen-bond donors (Lipinski definition) is 6. The summed E-state index contributed by atoms with van der Waals surface area (Å²) in [6.07, 6.45) is 2.61. The van der Waals surface area contributed by atoms with Crippen LogP contribution >= 0.6 is 0 Å². The van der Waals surface area contributed by atoms with Crippen molar-refractivity contribution in [3.8, 4) is 46.0 Å². The number of hydrogen-bond acceptors (Lipinski definition) is 8. The molecule has 0 bridgehead atoms. The van der Waals surface area contributed by atoms with E-state index in [1.807, 2.05) is 60.7 Å². The molecule has 4 atom stereocenters. The van der Waals surface area contributed by atoms with Crippen LogP contribution in [0.5, 0.6) is 46.0 Å². The summed E-state index contributed by atoms with van der Waals surface area (Å²) in [6, 6.07) is 34.2. The third-order valence-electron chi connectivity index (χ3n) is 9.40. The van der Waals surface area contributed by atoms with Gasteiger partial charge in [-0.25, -0.2) is 0 Å². The molecule has 0 unspecified atom stereocenters. The summed E-state index contributed by atoms with van der Waals surface area (Å²) in [5, 5.41) is 61.8. The molecule has 0 aliphatic carbocycles. The fourth-order valence-electron chi connectivity index (χ4n) is 7.27. The SMILES string of the molecule is Oc1ccc([C@H]2c3c(cc(O)cc3[C@H]3c4c(/C=C\c5cc(O)cc(O)c5)cccc4O[C@@H]3c3ccc(O)cc3)O[C@@H]2c2ccc(O)cc2)cc1. The van der Waals surface area contributed by atoms with Gasteiger partial charge in [0.1, 0.15) is 58.2 Å². The lowest BCUT2D eigenvalue weighted by Crippen LogP contribution is -2.16. The van der Waals surface area contributed by atoms with Crippen molar-refractivity contribution >= 4 is 12.2 Å². The lowest BCUT2D eigenvalue weighted by molar-refractivity contribution is 0.220. The molecule has 248 valence electrons. The standard InChI is InChI=1S/C42H32O8/c43-28-12-6-25(7-13-28)38-39-34(21-33(48)22-36(39)50-41(38)26-8-14-29(44)15-9-26)40-37-24(5-4-23-18-31(46)20-32(47)19-23)2-1-3-35(37)49-42(40)27-10-16-30(45)17-11-27/h1-22,38,40-48H/b5-4-/t38-,40-,41+,42+/m0/s1. The van der Waals surface area contributed by atoms with E-state index in [0.29, 0.717) is 17.1 Å². The van der Waals surface area contributed by atoms with E-state index in [1.54, 1.807) is 66.7 Å². The van der Waals surface area contributed by atoms with Crippen molar-refractivity contribution in [1.82, 2.24) is 0 Å². The third-order valence-corrected chi connectivity index (χ3v) is 9.40. The van der Waals surface area contributed by atoms with Crippen LogP contribution in [0, 0.1) is 0 Å². The number of aromatic hydroxyl groups is 6. The first-order valence-corrected chi connectivity index (χ1v) is 16.1. The van der Waals surface area contributed by atoms with E-state index in [9.17, 15) is 30.6 Å². The van der Waals surface area contributed by atoms with Crippen molar-refractivity contribution in [3.05, 3.63) is 166 Å². The monoisotopic (exact) mass is 664 g/mol. The first-order valence-electron chi connectivity index (χ1n) is 16.1. The maximum atomic E-state index is 11.3. The highest BCUT2D eigenvalue weighted by Gasteiger charge is 2.45. The number of rotatable bonds is 6. The van der Waals surface area contributed by atoms with Gasteiger partial charge in [0.2, 0.25) is 0 Å². The maximum Gasteiger partial charge on any atom is 0.135 e. The molecule has 0 saturated carbocycles. The Labute approximate surface area is 287 Å².